The number of aryl methyl sites for hydroxylation is 1. The van der Waals surface area contributed by atoms with E-state index in [0.717, 1.165) is 0 Å². The molecule has 1 heterocycles. The number of benzene rings is 1. The van der Waals surface area contributed by atoms with Gasteiger partial charge in [0.25, 0.3) is 0 Å². The van der Waals surface area contributed by atoms with Gasteiger partial charge in [-0.05, 0) is 50.3 Å². The molecule has 16 heavy (non-hydrogen) atoms. The van der Waals surface area contributed by atoms with Gasteiger partial charge in [0, 0.05) is 5.69 Å². The maximum absolute atomic E-state index is 4.68. The third-order valence-corrected chi connectivity index (χ3v) is 3.38. The summed E-state index contributed by atoms with van der Waals surface area (Å²) in [5.74, 6) is 0. The maximum atomic E-state index is 4.68. The molecule has 0 bridgehead atoms. The van der Waals surface area contributed by atoms with Crippen LogP contribution in [0, 0.1) is 6.92 Å². The summed E-state index contributed by atoms with van der Waals surface area (Å²) in [5.41, 5.74) is 5.30. The van der Waals surface area contributed by atoms with Gasteiger partial charge in [0.05, 0.1) is 11.4 Å². The molecule has 3 rings (SSSR count). The first kappa shape index (κ1) is 9.64. The van der Waals surface area contributed by atoms with Crippen LogP contribution in [0.5, 0.6) is 0 Å². The van der Waals surface area contributed by atoms with E-state index in [4.69, 9.17) is 0 Å². The van der Waals surface area contributed by atoms with Gasteiger partial charge in [0.15, 0.2) is 0 Å². The van der Waals surface area contributed by atoms with E-state index in [0.29, 0.717) is 0 Å². The van der Waals surface area contributed by atoms with Gasteiger partial charge in [-0.3, -0.25) is 0 Å². The molecule has 2 aromatic rings. The van der Waals surface area contributed by atoms with Crippen LogP contribution in [0.3, 0.4) is 0 Å². The van der Waals surface area contributed by atoms with E-state index in [9.17, 15) is 0 Å². The molecule has 2 heteroatoms. The van der Waals surface area contributed by atoms with Crippen molar-refractivity contribution in [2.45, 2.75) is 32.6 Å². The number of hydrogen-bond acceptors (Lipinski definition) is 1. The Morgan fingerprint density at radius 1 is 1.06 bits per heavy atom. The largest absolute Gasteiger partial charge is 0.237 e. The third kappa shape index (κ3) is 1.45. The molecular weight excluding hydrogens is 196 g/mol. The standard InChI is InChI=1S/C14H16N2/c1-11-13-9-5-6-10-14(13)16(15-11)12-7-3-2-4-8-12/h2-4,7-8H,5-6,9-10H2,1H3. The highest BCUT2D eigenvalue weighted by Crippen LogP contribution is 2.26. The molecule has 0 saturated heterocycles. The summed E-state index contributed by atoms with van der Waals surface area (Å²) in [4.78, 5) is 0. The Labute approximate surface area is 95.9 Å². The highest BCUT2D eigenvalue weighted by atomic mass is 15.3. The topological polar surface area (TPSA) is 17.8 Å². The Morgan fingerprint density at radius 2 is 1.81 bits per heavy atom. The van der Waals surface area contributed by atoms with Gasteiger partial charge in [-0.1, -0.05) is 18.2 Å². The van der Waals surface area contributed by atoms with Crippen molar-refractivity contribution in [2.24, 2.45) is 0 Å². The molecule has 1 aromatic heterocycles. The predicted molar refractivity (Wildman–Crippen MR) is 64.9 cm³/mol. The zero-order chi connectivity index (χ0) is 11.0. The lowest BCUT2D eigenvalue weighted by atomic mass is 9.96. The van der Waals surface area contributed by atoms with Gasteiger partial charge >= 0.3 is 0 Å². The van der Waals surface area contributed by atoms with Gasteiger partial charge in [-0.15, -0.1) is 0 Å². The Morgan fingerprint density at radius 3 is 2.62 bits per heavy atom. The Kier molecular flexibility index (Phi) is 2.28. The minimum Gasteiger partial charge on any atom is -0.237 e. The highest BCUT2D eigenvalue weighted by molar-refractivity contribution is 5.38. The molecule has 0 unspecified atom stereocenters. The molecule has 1 aromatic carbocycles. The first-order valence-corrected chi connectivity index (χ1v) is 5.99. The normalized spacial score (nSPS) is 14.8. The predicted octanol–water partition coefficient (Wildman–Crippen LogP) is 3.06. The summed E-state index contributed by atoms with van der Waals surface area (Å²) in [6, 6.07) is 10.4. The van der Waals surface area contributed by atoms with E-state index in [1.807, 2.05) is 6.07 Å². The molecule has 0 N–H and O–H groups in total. The fourth-order valence-corrected chi connectivity index (χ4v) is 2.57. The average molecular weight is 212 g/mol. The van der Waals surface area contributed by atoms with Crippen molar-refractivity contribution in [2.75, 3.05) is 0 Å². The number of rotatable bonds is 1. The molecule has 0 amide bonds. The van der Waals surface area contributed by atoms with Gasteiger partial charge in [0.1, 0.15) is 0 Å². The van der Waals surface area contributed by atoms with Crippen LogP contribution in [0.25, 0.3) is 5.69 Å². The van der Waals surface area contributed by atoms with Crippen molar-refractivity contribution in [1.29, 1.82) is 0 Å². The summed E-state index contributed by atoms with van der Waals surface area (Å²) in [6.07, 6.45) is 4.98. The molecule has 0 saturated carbocycles. The molecule has 1 aliphatic rings. The molecule has 0 spiro atoms. The monoisotopic (exact) mass is 212 g/mol. The molecule has 0 radical (unpaired) electrons. The fourth-order valence-electron chi connectivity index (χ4n) is 2.57. The Hall–Kier alpha value is -1.57. The second-order valence-corrected chi connectivity index (χ2v) is 4.47. The lowest BCUT2D eigenvalue weighted by molar-refractivity contribution is 0.653. The van der Waals surface area contributed by atoms with Crippen LogP contribution < -0.4 is 0 Å². The smallest absolute Gasteiger partial charge is 0.0649 e. The average Bonchev–Trinajstić information content (AvgIpc) is 2.69. The molecular formula is C14H16N2. The third-order valence-electron chi connectivity index (χ3n) is 3.38. The molecule has 1 aliphatic carbocycles. The fraction of sp³-hybridized carbons (Fsp3) is 0.357. The summed E-state index contributed by atoms with van der Waals surface area (Å²) >= 11 is 0. The minimum absolute atomic E-state index is 1.17. The summed E-state index contributed by atoms with van der Waals surface area (Å²) in [6.45, 7) is 2.13. The van der Waals surface area contributed by atoms with Crippen LogP contribution in [-0.2, 0) is 12.8 Å². The van der Waals surface area contributed by atoms with E-state index in [1.165, 1.54) is 48.3 Å². The molecule has 2 nitrogen and oxygen atoms in total. The van der Waals surface area contributed by atoms with Crippen molar-refractivity contribution < 1.29 is 0 Å². The van der Waals surface area contributed by atoms with Crippen LogP contribution in [0.2, 0.25) is 0 Å². The lowest BCUT2D eigenvalue weighted by Gasteiger charge is -2.13. The second kappa shape index (κ2) is 3.78. The van der Waals surface area contributed by atoms with E-state index in [-0.39, 0.29) is 0 Å². The minimum atomic E-state index is 1.17. The first-order chi connectivity index (χ1) is 7.86. The van der Waals surface area contributed by atoms with Crippen molar-refractivity contribution in [1.82, 2.24) is 9.78 Å². The first-order valence-electron chi connectivity index (χ1n) is 5.99. The van der Waals surface area contributed by atoms with Gasteiger partial charge in [0.2, 0.25) is 0 Å². The zero-order valence-corrected chi connectivity index (χ0v) is 9.61. The zero-order valence-electron chi connectivity index (χ0n) is 9.61. The second-order valence-electron chi connectivity index (χ2n) is 4.47. The molecule has 0 fully saturated rings. The van der Waals surface area contributed by atoms with Crippen LogP contribution in [0.1, 0.15) is 29.8 Å². The van der Waals surface area contributed by atoms with Crippen LogP contribution >= 0.6 is 0 Å². The number of fused-ring (bicyclic) bond motifs is 1. The van der Waals surface area contributed by atoms with E-state index in [2.05, 4.69) is 41.0 Å². The lowest BCUT2D eigenvalue weighted by Crippen LogP contribution is -2.07. The van der Waals surface area contributed by atoms with Gasteiger partial charge in [-0.2, -0.15) is 5.10 Å². The highest BCUT2D eigenvalue weighted by Gasteiger charge is 2.18. The maximum Gasteiger partial charge on any atom is 0.0649 e. The van der Waals surface area contributed by atoms with Crippen molar-refractivity contribution in [3.63, 3.8) is 0 Å². The number of para-hydroxylation sites is 1. The van der Waals surface area contributed by atoms with Crippen LogP contribution in [0.4, 0.5) is 0 Å². The Bertz CT molecular complexity index is 497. The molecule has 82 valence electrons. The van der Waals surface area contributed by atoms with Crippen molar-refractivity contribution in [3.05, 3.63) is 47.3 Å². The Balaban J connectivity index is 2.15. The number of hydrogen-bond donors (Lipinski definition) is 0. The van der Waals surface area contributed by atoms with Crippen molar-refractivity contribution >= 4 is 0 Å². The molecule has 0 atom stereocenters. The van der Waals surface area contributed by atoms with Gasteiger partial charge < -0.3 is 0 Å². The SMILES string of the molecule is Cc1nn(-c2ccccc2)c2c1CCCC2. The summed E-state index contributed by atoms with van der Waals surface area (Å²) in [5, 5.41) is 4.68. The van der Waals surface area contributed by atoms with Crippen LogP contribution in [-0.4, -0.2) is 9.78 Å². The van der Waals surface area contributed by atoms with E-state index >= 15 is 0 Å². The van der Waals surface area contributed by atoms with E-state index < -0.39 is 0 Å². The van der Waals surface area contributed by atoms with Crippen molar-refractivity contribution in [3.8, 4) is 5.69 Å². The van der Waals surface area contributed by atoms with Crippen LogP contribution in [0.15, 0.2) is 30.3 Å². The molecule has 0 aliphatic heterocycles. The summed E-state index contributed by atoms with van der Waals surface area (Å²) in [7, 11) is 0. The quantitative estimate of drug-likeness (QED) is 0.710. The summed E-state index contributed by atoms with van der Waals surface area (Å²) < 4.78 is 2.13. The number of nitrogens with zero attached hydrogens (tertiary/aromatic N) is 2. The van der Waals surface area contributed by atoms with E-state index in [1.54, 1.807) is 0 Å². The van der Waals surface area contributed by atoms with Gasteiger partial charge in [-0.25, -0.2) is 4.68 Å². The number of aromatic nitrogens is 2.